The molecule has 1 aliphatic rings. The fourth-order valence-electron chi connectivity index (χ4n) is 1.37. The van der Waals surface area contributed by atoms with E-state index in [0.717, 1.165) is 18.7 Å². The zero-order valence-corrected chi connectivity index (χ0v) is 7.66. The van der Waals surface area contributed by atoms with Gasteiger partial charge in [-0.2, -0.15) is 4.98 Å². The second kappa shape index (κ2) is 3.56. The molecule has 1 aromatic rings. The first-order valence-electron chi connectivity index (χ1n) is 4.55. The molecule has 68 valence electrons. The molecule has 3 heteroatoms. The lowest BCUT2D eigenvalue weighted by atomic mass is 10.1. The van der Waals surface area contributed by atoms with E-state index in [4.69, 9.17) is 4.74 Å². The van der Waals surface area contributed by atoms with Crippen LogP contribution in [0.25, 0.3) is 0 Å². The molecule has 2 heterocycles. The van der Waals surface area contributed by atoms with Crippen LogP contribution in [-0.4, -0.2) is 17.8 Å². The van der Waals surface area contributed by atoms with Crippen molar-refractivity contribution in [1.82, 2.24) is 4.98 Å². The Kier molecular flexibility index (Phi) is 2.25. The molecule has 0 fully saturated rings. The lowest BCUT2D eigenvalue weighted by Crippen LogP contribution is -1.99. The summed E-state index contributed by atoms with van der Waals surface area (Å²) in [4.78, 5) is 8.50. The topological polar surface area (TPSA) is 34.5 Å². The van der Waals surface area contributed by atoms with Gasteiger partial charge in [0.25, 0.3) is 0 Å². The van der Waals surface area contributed by atoms with E-state index in [0.29, 0.717) is 12.5 Å². The molecule has 0 bridgehead atoms. The molecule has 0 radical (unpaired) electrons. The molecular weight excluding hydrogens is 164 g/mol. The van der Waals surface area contributed by atoms with Gasteiger partial charge in [0.15, 0.2) is 5.82 Å². The van der Waals surface area contributed by atoms with Crippen LogP contribution in [0, 0.1) is 0 Å². The number of aromatic nitrogens is 1. The first-order valence-corrected chi connectivity index (χ1v) is 4.55. The third kappa shape index (κ3) is 1.69. The van der Waals surface area contributed by atoms with Crippen LogP contribution in [0.15, 0.2) is 17.1 Å². The Hall–Kier alpha value is -1.38. The Labute approximate surface area is 77.5 Å². The molecule has 0 aliphatic carbocycles. The standard InChI is InChI=1S/C10H12N2O/c1-2-13-9-6-5-8-4-3-7-11-10(8)12-9/h5-7H,2-4H2,1H3. The van der Waals surface area contributed by atoms with Gasteiger partial charge in [-0.1, -0.05) is 0 Å². The predicted molar refractivity (Wildman–Crippen MR) is 51.9 cm³/mol. The molecule has 0 aromatic carbocycles. The van der Waals surface area contributed by atoms with E-state index in [2.05, 4.69) is 9.98 Å². The maximum absolute atomic E-state index is 5.29. The van der Waals surface area contributed by atoms with Gasteiger partial charge >= 0.3 is 0 Å². The highest BCUT2D eigenvalue weighted by Gasteiger charge is 2.07. The molecule has 0 saturated carbocycles. The van der Waals surface area contributed by atoms with Crippen molar-refractivity contribution in [3.05, 3.63) is 17.7 Å². The normalized spacial score (nSPS) is 13.9. The Bertz CT molecular complexity index is 334. The monoisotopic (exact) mass is 176 g/mol. The third-order valence-electron chi connectivity index (χ3n) is 1.98. The molecule has 0 N–H and O–H groups in total. The largest absolute Gasteiger partial charge is 0.478 e. The van der Waals surface area contributed by atoms with Crippen LogP contribution in [0.3, 0.4) is 0 Å². The number of hydrogen-bond donors (Lipinski definition) is 0. The van der Waals surface area contributed by atoms with E-state index in [1.807, 2.05) is 25.3 Å². The highest BCUT2D eigenvalue weighted by Crippen LogP contribution is 2.24. The van der Waals surface area contributed by atoms with Crippen molar-refractivity contribution in [3.8, 4) is 5.88 Å². The van der Waals surface area contributed by atoms with Gasteiger partial charge in [-0.15, -0.1) is 0 Å². The number of hydrogen-bond acceptors (Lipinski definition) is 3. The number of aliphatic imine (C=N–C) groups is 1. The average molecular weight is 176 g/mol. The number of nitrogens with zero attached hydrogens (tertiary/aromatic N) is 2. The minimum absolute atomic E-state index is 0.648. The summed E-state index contributed by atoms with van der Waals surface area (Å²) >= 11 is 0. The molecule has 0 amide bonds. The van der Waals surface area contributed by atoms with Crippen LogP contribution < -0.4 is 4.74 Å². The van der Waals surface area contributed by atoms with Crippen molar-refractivity contribution in [2.45, 2.75) is 19.8 Å². The van der Waals surface area contributed by atoms with Gasteiger partial charge in [-0.05, 0) is 31.4 Å². The number of pyridine rings is 1. The summed E-state index contributed by atoms with van der Waals surface area (Å²) in [7, 11) is 0. The van der Waals surface area contributed by atoms with Crippen LogP contribution in [-0.2, 0) is 6.42 Å². The van der Waals surface area contributed by atoms with Gasteiger partial charge in [-0.25, -0.2) is 4.99 Å². The van der Waals surface area contributed by atoms with E-state index in [-0.39, 0.29) is 0 Å². The summed E-state index contributed by atoms with van der Waals surface area (Å²) in [6.07, 6.45) is 3.96. The van der Waals surface area contributed by atoms with Crippen molar-refractivity contribution >= 4 is 12.0 Å². The fourth-order valence-corrected chi connectivity index (χ4v) is 1.37. The van der Waals surface area contributed by atoms with E-state index >= 15 is 0 Å². The van der Waals surface area contributed by atoms with E-state index < -0.39 is 0 Å². The van der Waals surface area contributed by atoms with Gasteiger partial charge in [-0.3, -0.25) is 0 Å². The molecule has 0 atom stereocenters. The molecular formula is C10H12N2O. The number of rotatable bonds is 2. The second-order valence-electron chi connectivity index (χ2n) is 2.92. The summed E-state index contributed by atoms with van der Waals surface area (Å²) < 4.78 is 5.29. The molecule has 3 nitrogen and oxygen atoms in total. The summed E-state index contributed by atoms with van der Waals surface area (Å²) in [5, 5.41) is 0. The lowest BCUT2D eigenvalue weighted by molar-refractivity contribution is 0.327. The fraction of sp³-hybridized carbons (Fsp3) is 0.400. The van der Waals surface area contributed by atoms with E-state index in [1.54, 1.807) is 0 Å². The minimum atomic E-state index is 0.648. The smallest absolute Gasteiger partial charge is 0.215 e. The summed E-state index contributed by atoms with van der Waals surface area (Å²) in [5.41, 5.74) is 1.21. The second-order valence-corrected chi connectivity index (χ2v) is 2.92. The maximum atomic E-state index is 5.29. The Morgan fingerprint density at radius 3 is 3.23 bits per heavy atom. The number of aryl methyl sites for hydroxylation is 1. The molecule has 1 aromatic heterocycles. The zero-order valence-electron chi connectivity index (χ0n) is 7.66. The SMILES string of the molecule is CCOc1ccc2c(n1)N=CCC2. The van der Waals surface area contributed by atoms with E-state index in [9.17, 15) is 0 Å². The highest BCUT2D eigenvalue weighted by molar-refractivity contribution is 5.66. The van der Waals surface area contributed by atoms with Crippen molar-refractivity contribution in [2.24, 2.45) is 4.99 Å². The van der Waals surface area contributed by atoms with Crippen molar-refractivity contribution in [3.63, 3.8) is 0 Å². The highest BCUT2D eigenvalue weighted by atomic mass is 16.5. The van der Waals surface area contributed by atoms with Crippen molar-refractivity contribution in [2.75, 3.05) is 6.61 Å². The first kappa shape index (κ1) is 8.23. The molecule has 13 heavy (non-hydrogen) atoms. The summed E-state index contributed by atoms with van der Waals surface area (Å²) in [6.45, 7) is 2.60. The zero-order chi connectivity index (χ0) is 9.10. The average Bonchev–Trinajstić information content (AvgIpc) is 2.18. The molecule has 0 spiro atoms. The molecule has 2 rings (SSSR count). The Morgan fingerprint density at radius 2 is 2.38 bits per heavy atom. The van der Waals surface area contributed by atoms with Crippen LogP contribution in [0.1, 0.15) is 18.9 Å². The quantitative estimate of drug-likeness (QED) is 0.691. The van der Waals surface area contributed by atoms with Crippen LogP contribution in [0.5, 0.6) is 5.88 Å². The molecule has 1 aliphatic heterocycles. The van der Waals surface area contributed by atoms with Crippen molar-refractivity contribution in [1.29, 1.82) is 0 Å². The third-order valence-corrected chi connectivity index (χ3v) is 1.98. The van der Waals surface area contributed by atoms with Gasteiger partial charge in [0.05, 0.1) is 6.61 Å². The van der Waals surface area contributed by atoms with Crippen LogP contribution >= 0.6 is 0 Å². The Balaban J connectivity index is 2.31. The predicted octanol–water partition coefficient (Wildman–Crippen LogP) is 2.13. The minimum Gasteiger partial charge on any atom is -0.478 e. The summed E-state index contributed by atoms with van der Waals surface area (Å²) in [6, 6.07) is 3.95. The number of fused-ring (bicyclic) bond motifs is 1. The van der Waals surface area contributed by atoms with E-state index in [1.165, 1.54) is 5.56 Å². The van der Waals surface area contributed by atoms with Gasteiger partial charge < -0.3 is 4.74 Å². The van der Waals surface area contributed by atoms with Gasteiger partial charge in [0.2, 0.25) is 5.88 Å². The van der Waals surface area contributed by atoms with Crippen molar-refractivity contribution < 1.29 is 4.74 Å². The lowest BCUT2D eigenvalue weighted by Gasteiger charge is -2.09. The van der Waals surface area contributed by atoms with Crippen LogP contribution in [0.2, 0.25) is 0 Å². The number of ether oxygens (including phenoxy) is 1. The van der Waals surface area contributed by atoms with Crippen LogP contribution in [0.4, 0.5) is 5.82 Å². The van der Waals surface area contributed by atoms with Gasteiger partial charge in [0, 0.05) is 12.3 Å². The van der Waals surface area contributed by atoms with Gasteiger partial charge in [0.1, 0.15) is 0 Å². The first-order chi connectivity index (χ1) is 6.40. The molecule has 0 saturated heterocycles. The summed E-state index contributed by atoms with van der Waals surface area (Å²) in [5.74, 6) is 1.48. The Morgan fingerprint density at radius 1 is 1.46 bits per heavy atom. The maximum Gasteiger partial charge on any atom is 0.215 e. The molecule has 0 unspecified atom stereocenters.